The average molecular weight is 356 g/mol. The third kappa shape index (κ3) is 3.63. The van der Waals surface area contributed by atoms with Gasteiger partial charge in [0.25, 0.3) is 0 Å². The lowest BCUT2D eigenvalue weighted by Crippen LogP contribution is -2.14. The van der Waals surface area contributed by atoms with Gasteiger partial charge in [0, 0.05) is 15.1 Å². The summed E-state index contributed by atoms with van der Waals surface area (Å²) in [4.78, 5) is 4.31. The third-order valence-corrected chi connectivity index (χ3v) is 3.44. The number of rotatable bonds is 3. The highest BCUT2D eigenvalue weighted by Gasteiger charge is 2.08. The van der Waals surface area contributed by atoms with Crippen molar-refractivity contribution in [1.82, 2.24) is 4.98 Å². The summed E-state index contributed by atoms with van der Waals surface area (Å²) in [5, 5.41) is 0. The highest BCUT2D eigenvalue weighted by molar-refractivity contribution is 9.10. The molecule has 0 aliphatic carbocycles. The van der Waals surface area contributed by atoms with Gasteiger partial charge in [-0.2, -0.15) is 0 Å². The minimum Gasteiger partial charge on any atom is -0.322 e. The van der Waals surface area contributed by atoms with Gasteiger partial charge in [-0.1, -0.05) is 28.1 Å². The number of aromatic nitrogens is 1. The van der Waals surface area contributed by atoms with Crippen LogP contribution in [0.1, 0.15) is 17.3 Å². The molecule has 0 saturated heterocycles. The fraction of sp³-hybridized carbons (Fsp3) is 0.154. The van der Waals surface area contributed by atoms with Crippen molar-refractivity contribution in [2.24, 2.45) is 5.73 Å². The van der Waals surface area contributed by atoms with Crippen LogP contribution in [-0.4, -0.2) is 4.98 Å². The van der Waals surface area contributed by atoms with Crippen molar-refractivity contribution < 1.29 is 0 Å². The predicted octanol–water partition coefficient (Wildman–Crippen LogP) is 3.85. The van der Waals surface area contributed by atoms with E-state index in [-0.39, 0.29) is 6.04 Å². The molecule has 1 aromatic heterocycles. The molecule has 1 aromatic carbocycles. The maximum Gasteiger partial charge on any atom is 0.0575 e. The lowest BCUT2D eigenvalue weighted by Gasteiger charge is -2.11. The fourth-order valence-corrected chi connectivity index (χ4v) is 2.31. The van der Waals surface area contributed by atoms with Gasteiger partial charge in [-0.05, 0) is 52.2 Å². The van der Waals surface area contributed by atoms with Gasteiger partial charge in [0.1, 0.15) is 0 Å². The van der Waals surface area contributed by atoms with Gasteiger partial charge in [0.15, 0.2) is 0 Å². The molecular formula is C13H12Br2N2. The molecule has 2 rings (SSSR count). The predicted molar refractivity (Wildman–Crippen MR) is 76.7 cm³/mol. The summed E-state index contributed by atoms with van der Waals surface area (Å²) < 4.78 is 2.04. The summed E-state index contributed by atoms with van der Waals surface area (Å²) in [5.41, 5.74) is 8.25. The highest BCUT2D eigenvalue weighted by atomic mass is 79.9. The van der Waals surface area contributed by atoms with Gasteiger partial charge in [-0.15, -0.1) is 0 Å². The van der Waals surface area contributed by atoms with Crippen molar-refractivity contribution in [1.29, 1.82) is 0 Å². The van der Waals surface area contributed by atoms with E-state index in [1.54, 1.807) is 6.20 Å². The number of hydrogen-bond donors (Lipinski definition) is 1. The van der Waals surface area contributed by atoms with Gasteiger partial charge in [0.05, 0.1) is 11.7 Å². The van der Waals surface area contributed by atoms with Crippen molar-refractivity contribution in [3.63, 3.8) is 0 Å². The molecule has 0 bridgehead atoms. The second-order valence-electron chi connectivity index (χ2n) is 3.84. The molecule has 4 heteroatoms. The van der Waals surface area contributed by atoms with E-state index in [1.165, 1.54) is 5.56 Å². The van der Waals surface area contributed by atoms with E-state index < -0.39 is 0 Å². The average Bonchev–Trinajstić information content (AvgIpc) is 2.29. The Balaban J connectivity index is 2.11. The van der Waals surface area contributed by atoms with Crippen LogP contribution >= 0.6 is 31.9 Å². The molecule has 0 amide bonds. The fourth-order valence-electron chi connectivity index (χ4n) is 1.63. The van der Waals surface area contributed by atoms with E-state index >= 15 is 0 Å². The van der Waals surface area contributed by atoms with E-state index in [0.717, 1.165) is 21.1 Å². The summed E-state index contributed by atoms with van der Waals surface area (Å²) >= 11 is 6.82. The summed E-state index contributed by atoms with van der Waals surface area (Å²) in [7, 11) is 0. The van der Waals surface area contributed by atoms with Crippen LogP contribution in [0.15, 0.2) is 51.5 Å². The van der Waals surface area contributed by atoms with Crippen molar-refractivity contribution in [3.05, 3.63) is 62.8 Å². The maximum atomic E-state index is 6.13. The molecule has 1 atom stereocenters. The van der Waals surface area contributed by atoms with Crippen LogP contribution in [0.3, 0.4) is 0 Å². The third-order valence-electron chi connectivity index (χ3n) is 2.47. The van der Waals surface area contributed by atoms with Crippen LogP contribution in [0.25, 0.3) is 0 Å². The molecule has 88 valence electrons. The number of hydrogen-bond acceptors (Lipinski definition) is 2. The number of halogens is 2. The Hall–Kier alpha value is -0.710. The molecule has 2 N–H and O–H groups in total. The molecule has 0 fully saturated rings. The van der Waals surface area contributed by atoms with Gasteiger partial charge >= 0.3 is 0 Å². The zero-order valence-corrected chi connectivity index (χ0v) is 12.3. The van der Waals surface area contributed by atoms with Crippen molar-refractivity contribution in [3.8, 4) is 0 Å². The number of nitrogens with zero attached hydrogens (tertiary/aromatic N) is 1. The van der Waals surface area contributed by atoms with Gasteiger partial charge < -0.3 is 5.73 Å². The van der Waals surface area contributed by atoms with Crippen molar-refractivity contribution in [2.75, 3.05) is 0 Å². The summed E-state index contributed by atoms with van der Waals surface area (Å²) in [6.45, 7) is 0. The Morgan fingerprint density at radius 1 is 1.12 bits per heavy atom. The molecule has 0 saturated carbocycles. The van der Waals surface area contributed by atoms with Crippen LogP contribution in [-0.2, 0) is 6.42 Å². The molecule has 2 nitrogen and oxygen atoms in total. The zero-order chi connectivity index (χ0) is 12.3. The highest BCUT2D eigenvalue weighted by Crippen LogP contribution is 2.18. The zero-order valence-electron chi connectivity index (χ0n) is 9.11. The second-order valence-corrected chi connectivity index (χ2v) is 5.67. The number of nitrogens with two attached hydrogens (primary N) is 1. The normalized spacial score (nSPS) is 12.4. The number of benzene rings is 1. The van der Waals surface area contributed by atoms with Gasteiger partial charge in [-0.3, -0.25) is 4.98 Å². The lowest BCUT2D eigenvalue weighted by molar-refractivity contribution is 0.696. The number of pyridine rings is 1. The van der Waals surface area contributed by atoms with Crippen LogP contribution in [0.5, 0.6) is 0 Å². The quantitative estimate of drug-likeness (QED) is 0.908. The Bertz CT molecular complexity index is 497. The van der Waals surface area contributed by atoms with Crippen LogP contribution in [0, 0.1) is 0 Å². The Kier molecular flexibility index (Phi) is 4.31. The van der Waals surface area contributed by atoms with E-state index in [0.29, 0.717) is 0 Å². The van der Waals surface area contributed by atoms with E-state index in [9.17, 15) is 0 Å². The Morgan fingerprint density at radius 3 is 2.59 bits per heavy atom. The topological polar surface area (TPSA) is 38.9 Å². The molecule has 17 heavy (non-hydrogen) atoms. The first kappa shape index (κ1) is 12.7. The summed E-state index contributed by atoms with van der Waals surface area (Å²) in [6.07, 6.45) is 2.56. The van der Waals surface area contributed by atoms with E-state index in [2.05, 4.69) is 49.0 Å². The molecule has 0 spiro atoms. The molecule has 0 aliphatic heterocycles. The molecular weight excluding hydrogens is 344 g/mol. The lowest BCUT2D eigenvalue weighted by atomic mass is 10.0. The Labute approximate surface area is 118 Å². The first-order valence-corrected chi connectivity index (χ1v) is 6.85. The van der Waals surface area contributed by atoms with E-state index in [1.807, 2.05) is 24.3 Å². The van der Waals surface area contributed by atoms with Crippen LogP contribution < -0.4 is 5.73 Å². The molecule has 0 aliphatic rings. The first-order valence-electron chi connectivity index (χ1n) is 5.26. The van der Waals surface area contributed by atoms with Crippen LogP contribution in [0.2, 0.25) is 0 Å². The second kappa shape index (κ2) is 5.76. The Morgan fingerprint density at radius 2 is 1.94 bits per heavy atom. The largest absolute Gasteiger partial charge is 0.322 e. The molecule has 2 aromatic rings. The van der Waals surface area contributed by atoms with Crippen molar-refractivity contribution in [2.45, 2.75) is 12.5 Å². The van der Waals surface area contributed by atoms with Crippen LogP contribution in [0.4, 0.5) is 0 Å². The maximum absolute atomic E-state index is 6.13. The minimum absolute atomic E-state index is 0.0719. The SMILES string of the molecule is NC(Cc1cccc(Br)c1)c1ccc(Br)cn1. The molecule has 1 heterocycles. The first-order chi connectivity index (χ1) is 8.15. The smallest absolute Gasteiger partial charge is 0.0575 e. The monoisotopic (exact) mass is 354 g/mol. The minimum atomic E-state index is -0.0719. The van der Waals surface area contributed by atoms with E-state index in [4.69, 9.17) is 5.73 Å². The molecule has 1 unspecified atom stereocenters. The summed E-state index contributed by atoms with van der Waals surface area (Å²) in [6, 6.07) is 12.0. The molecule has 0 radical (unpaired) electrons. The standard InChI is InChI=1S/C13H12Br2N2/c14-10-3-1-2-9(6-10)7-12(16)13-5-4-11(15)8-17-13/h1-6,8,12H,7,16H2. The van der Waals surface area contributed by atoms with Crippen molar-refractivity contribution >= 4 is 31.9 Å². The van der Waals surface area contributed by atoms with Gasteiger partial charge in [0.2, 0.25) is 0 Å². The van der Waals surface area contributed by atoms with Gasteiger partial charge in [-0.25, -0.2) is 0 Å². The summed E-state index contributed by atoms with van der Waals surface area (Å²) in [5.74, 6) is 0.